The van der Waals surface area contributed by atoms with Gasteiger partial charge in [-0.05, 0) is 36.4 Å². The van der Waals surface area contributed by atoms with Crippen LogP contribution in [0.1, 0.15) is 15.9 Å². The first-order chi connectivity index (χ1) is 13.3. The van der Waals surface area contributed by atoms with E-state index in [1.807, 2.05) is 0 Å². The van der Waals surface area contributed by atoms with Crippen LogP contribution in [-0.4, -0.2) is 39.3 Å². The summed E-state index contributed by atoms with van der Waals surface area (Å²) in [6.07, 6.45) is -2.58. The smallest absolute Gasteiger partial charge is 0.395 e. The molecule has 3 rings (SSSR count). The van der Waals surface area contributed by atoms with E-state index in [-0.39, 0.29) is 36.4 Å². The van der Waals surface area contributed by atoms with Gasteiger partial charge in [0.15, 0.2) is 0 Å². The van der Waals surface area contributed by atoms with E-state index in [0.29, 0.717) is 5.56 Å². The standard InChI is InChI=1S/C9H10FNO2.C8H4F3N3O/c10-8-3-1-7(2-4-8)9(13)11-5-6-12;9-8(10,11)5-1-2-6(12-3-5)7-13-4-15-14-7/h1-4,12H,5-6H2,(H,11,13);1-4H. The molecule has 0 aliphatic carbocycles. The number of alkyl halides is 3. The molecule has 0 atom stereocenters. The van der Waals surface area contributed by atoms with Crippen molar-refractivity contribution in [1.29, 1.82) is 0 Å². The van der Waals surface area contributed by atoms with Crippen LogP contribution >= 0.6 is 0 Å². The maximum absolute atomic E-state index is 12.4. The third kappa shape index (κ3) is 6.13. The number of halogens is 4. The lowest BCUT2D eigenvalue weighted by Gasteiger charge is -2.05. The number of carbonyl (C=O) groups excluding carboxylic acids is 1. The minimum atomic E-state index is -4.39. The Labute approximate surface area is 156 Å². The second-order valence-electron chi connectivity index (χ2n) is 5.17. The van der Waals surface area contributed by atoms with Crippen molar-refractivity contribution in [1.82, 2.24) is 20.4 Å². The van der Waals surface area contributed by atoms with Crippen LogP contribution in [0.15, 0.2) is 53.5 Å². The van der Waals surface area contributed by atoms with Crippen LogP contribution < -0.4 is 5.32 Å². The number of nitrogens with one attached hydrogen (secondary N) is 1. The lowest BCUT2D eigenvalue weighted by molar-refractivity contribution is -0.137. The van der Waals surface area contributed by atoms with Gasteiger partial charge in [0.25, 0.3) is 5.91 Å². The fraction of sp³-hybridized carbons (Fsp3) is 0.176. The summed E-state index contributed by atoms with van der Waals surface area (Å²) in [5, 5.41) is 14.3. The fourth-order valence-electron chi connectivity index (χ4n) is 1.85. The number of nitrogens with zero attached hydrogens (tertiary/aromatic N) is 3. The molecule has 0 unspecified atom stereocenters. The predicted octanol–water partition coefficient (Wildman–Crippen LogP) is 2.70. The van der Waals surface area contributed by atoms with Gasteiger partial charge in [0.05, 0.1) is 12.2 Å². The van der Waals surface area contributed by atoms with E-state index in [0.717, 1.165) is 18.7 Å². The number of benzene rings is 1. The Morgan fingerprint density at radius 3 is 2.32 bits per heavy atom. The molecule has 2 heterocycles. The molecule has 0 bridgehead atoms. The number of hydrogen-bond donors (Lipinski definition) is 2. The molecule has 0 radical (unpaired) electrons. The molecule has 0 saturated carbocycles. The van der Waals surface area contributed by atoms with Crippen molar-refractivity contribution in [2.24, 2.45) is 0 Å². The van der Waals surface area contributed by atoms with Gasteiger partial charge >= 0.3 is 6.18 Å². The molecular weight excluding hydrogens is 384 g/mol. The number of rotatable bonds is 4. The van der Waals surface area contributed by atoms with E-state index in [9.17, 15) is 22.4 Å². The van der Waals surface area contributed by atoms with Crippen LogP contribution in [0.3, 0.4) is 0 Å². The second kappa shape index (κ2) is 9.55. The minimum Gasteiger partial charge on any atom is -0.395 e. The molecule has 28 heavy (non-hydrogen) atoms. The Kier molecular flexibility index (Phi) is 7.15. The summed E-state index contributed by atoms with van der Waals surface area (Å²) in [6.45, 7) is 0.100. The minimum absolute atomic E-state index is 0.104. The van der Waals surface area contributed by atoms with E-state index in [4.69, 9.17) is 5.11 Å². The van der Waals surface area contributed by atoms with Crippen molar-refractivity contribution in [2.75, 3.05) is 13.2 Å². The maximum Gasteiger partial charge on any atom is 0.417 e. The third-order valence-electron chi connectivity index (χ3n) is 3.18. The van der Waals surface area contributed by atoms with Crippen molar-refractivity contribution in [3.05, 3.63) is 65.9 Å². The Morgan fingerprint density at radius 2 is 1.82 bits per heavy atom. The van der Waals surface area contributed by atoms with Gasteiger partial charge < -0.3 is 14.9 Å². The van der Waals surface area contributed by atoms with E-state index in [1.165, 1.54) is 30.3 Å². The normalized spacial score (nSPS) is 10.8. The summed E-state index contributed by atoms with van der Waals surface area (Å²) < 4.78 is 53.4. The molecule has 0 aliphatic heterocycles. The molecule has 0 saturated heterocycles. The van der Waals surface area contributed by atoms with Gasteiger partial charge in [-0.25, -0.2) is 4.39 Å². The number of aliphatic hydroxyl groups excluding tert-OH is 1. The first-order valence-corrected chi connectivity index (χ1v) is 7.76. The second-order valence-corrected chi connectivity index (χ2v) is 5.17. The first-order valence-electron chi connectivity index (χ1n) is 7.76. The summed E-state index contributed by atoms with van der Waals surface area (Å²) in [5.41, 5.74) is -0.193. The molecular formula is C17H14F4N4O3. The number of carbonyl (C=O) groups is 1. The van der Waals surface area contributed by atoms with Gasteiger partial charge in [-0.2, -0.15) is 18.2 Å². The summed E-state index contributed by atoms with van der Waals surface area (Å²) in [4.78, 5) is 18.4. The number of pyridine rings is 1. The molecule has 2 aromatic heterocycles. The van der Waals surface area contributed by atoms with Crippen LogP contribution in [0.2, 0.25) is 0 Å². The number of aliphatic hydroxyl groups is 1. The monoisotopic (exact) mass is 398 g/mol. The maximum atomic E-state index is 12.4. The van der Waals surface area contributed by atoms with E-state index in [1.54, 1.807) is 0 Å². The lowest BCUT2D eigenvalue weighted by Crippen LogP contribution is -2.26. The van der Waals surface area contributed by atoms with Gasteiger partial charge in [0.2, 0.25) is 12.2 Å². The van der Waals surface area contributed by atoms with Crippen LogP contribution in [0.25, 0.3) is 11.5 Å². The van der Waals surface area contributed by atoms with Crippen LogP contribution in [0.5, 0.6) is 0 Å². The summed E-state index contributed by atoms with van der Waals surface area (Å²) >= 11 is 0. The van der Waals surface area contributed by atoms with Crippen LogP contribution in [-0.2, 0) is 6.18 Å². The molecule has 1 aromatic carbocycles. The highest BCUT2D eigenvalue weighted by Crippen LogP contribution is 2.29. The quantitative estimate of drug-likeness (QED) is 0.656. The van der Waals surface area contributed by atoms with Crippen molar-refractivity contribution >= 4 is 5.91 Å². The highest BCUT2D eigenvalue weighted by atomic mass is 19.4. The van der Waals surface area contributed by atoms with E-state index >= 15 is 0 Å². The number of hydrogen-bond acceptors (Lipinski definition) is 6. The highest BCUT2D eigenvalue weighted by molar-refractivity contribution is 5.94. The summed E-state index contributed by atoms with van der Waals surface area (Å²) in [6, 6.07) is 7.32. The van der Waals surface area contributed by atoms with Crippen LogP contribution in [0, 0.1) is 5.82 Å². The molecule has 0 aliphatic rings. The fourth-order valence-corrected chi connectivity index (χ4v) is 1.85. The molecule has 2 N–H and O–H groups in total. The molecule has 148 valence electrons. The third-order valence-corrected chi connectivity index (χ3v) is 3.18. The number of aromatic nitrogens is 3. The van der Waals surface area contributed by atoms with Gasteiger partial charge in [-0.15, -0.1) is 0 Å². The Balaban J connectivity index is 0.000000203. The molecule has 11 heteroatoms. The zero-order valence-corrected chi connectivity index (χ0v) is 14.2. The molecule has 0 fully saturated rings. The Hall–Kier alpha value is -3.34. The summed E-state index contributed by atoms with van der Waals surface area (Å²) in [7, 11) is 0. The average Bonchev–Trinajstić information content (AvgIpc) is 3.21. The lowest BCUT2D eigenvalue weighted by atomic mass is 10.2. The van der Waals surface area contributed by atoms with E-state index in [2.05, 4.69) is 25.0 Å². The van der Waals surface area contributed by atoms with Crippen molar-refractivity contribution < 1.29 is 32.0 Å². The van der Waals surface area contributed by atoms with E-state index < -0.39 is 11.7 Å². The summed E-state index contributed by atoms with van der Waals surface area (Å²) in [5.74, 6) is -0.531. The van der Waals surface area contributed by atoms with Crippen molar-refractivity contribution in [2.45, 2.75) is 6.18 Å². The first kappa shape index (κ1) is 21.0. The SMILES string of the molecule is FC(F)(F)c1ccc(-c2ncon2)nc1.O=C(NCCO)c1ccc(F)cc1. The predicted molar refractivity (Wildman–Crippen MR) is 88.4 cm³/mol. The van der Waals surface area contributed by atoms with Crippen molar-refractivity contribution in [3.63, 3.8) is 0 Å². The van der Waals surface area contributed by atoms with Gasteiger partial charge in [0, 0.05) is 18.3 Å². The molecule has 3 aromatic rings. The van der Waals surface area contributed by atoms with Crippen molar-refractivity contribution in [3.8, 4) is 11.5 Å². The topological polar surface area (TPSA) is 101 Å². The van der Waals surface area contributed by atoms with Gasteiger partial charge in [-0.3, -0.25) is 9.78 Å². The molecule has 7 nitrogen and oxygen atoms in total. The van der Waals surface area contributed by atoms with Gasteiger partial charge in [-0.1, -0.05) is 5.16 Å². The van der Waals surface area contributed by atoms with Gasteiger partial charge in [0.1, 0.15) is 11.5 Å². The Bertz CT molecular complexity index is 867. The molecule has 1 amide bonds. The molecule has 0 spiro atoms. The van der Waals surface area contributed by atoms with Crippen LogP contribution in [0.4, 0.5) is 17.6 Å². The highest BCUT2D eigenvalue weighted by Gasteiger charge is 2.30. The zero-order valence-electron chi connectivity index (χ0n) is 14.2. The Morgan fingerprint density at radius 1 is 1.11 bits per heavy atom. The largest absolute Gasteiger partial charge is 0.417 e. The number of amides is 1. The zero-order chi connectivity index (χ0) is 20.6. The average molecular weight is 398 g/mol.